The fourth-order valence-corrected chi connectivity index (χ4v) is 1.08. The van der Waals surface area contributed by atoms with E-state index >= 15 is 0 Å². The predicted octanol–water partition coefficient (Wildman–Crippen LogP) is 2.17. The van der Waals surface area contributed by atoms with Gasteiger partial charge in [0.15, 0.2) is 6.07 Å². The Bertz CT molecular complexity index is 384. The lowest BCUT2D eigenvalue weighted by atomic mass is 10.2. The van der Waals surface area contributed by atoms with Crippen LogP contribution in [0.15, 0.2) is 12.2 Å². The average Bonchev–Trinajstić information content (AvgIpc) is 2.34. The zero-order valence-corrected chi connectivity index (χ0v) is 13.0. The van der Waals surface area contributed by atoms with E-state index in [-0.39, 0.29) is 19.3 Å². The normalized spacial score (nSPS) is 11.0. The van der Waals surface area contributed by atoms with E-state index in [1.165, 1.54) is 0 Å². The Morgan fingerprint density at radius 1 is 0.952 bits per heavy atom. The first-order valence-corrected chi connectivity index (χ1v) is 6.71. The Morgan fingerprint density at radius 3 is 2.10 bits per heavy atom. The van der Waals surface area contributed by atoms with E-state index in [1.54, 1.807) is 20.8 Å². The fourth-order valence-electron chi connectivity index (χ4n) is 0.993. The molecule has 120 valence electrons. The van der Waals surface area contributed by atoms with Crippen LogP contribution in [0.5, 0.6) is 0 Å². The number of hydrogen-bond acceptors (Lipinski definition) is 7. The van der Waals surface area contributed by atoms with Crippen LogP contribution in [0.1, 0.15) is 27.2 Å². The molecule has 0 aromatic heterocycles. The van der Waals surface area contributed by atoms with Gasteiger partial charge in [-0.1, -0.05) is 11.6 Å². The number of alkyl halides is 1. The van der Waals surface area contributed by atoms with Crippen LogP contribution in [0.3, 0.4) is 0 Å². The zero-order chi connectivity index (χ0) is 16.3. The zero-order valence-electron chi connectivity index (χ0n) is 12.2. The summed E-state index contributed by atoms with van der Waals surface area (Å²) in [4.78, 5) is 33.3. The van der Waals surface area contributed by atoms with E-state index in [4.69, 9.17) is 21.1 Å². The Balaban J connectivity index is 3.76. The summed E-state index contributed by atoms with van der Waals surface area (Å²) in [6.07, 6.45) is 1.36. The Kier molecular flexibility index (Phi) is 9.20. The quantitative estimate of drug-likeness (QED) is 0.233. The molecule has 0 aliphatic carbocycles. The minimum atomic E-state index is -0.888. The van der Waals surface area contributed by atoms with Gasteiger partial charge in [0, 0.05) is 18.6 Å². The Hall–Kier alpha value is -1.76. The first-order chi connectivity index (χ1) is 9.74. The largest absolute Gasteiger partial charge is 0.509 e. The lowest BCUT2D eigenvalue weighted by Gasteiger charge is -2.17. The SMILES string of the molecule is CC(C)(C)OC(=O)/C=C/C(=O)OCCCOC(=O)OCCl. The van der Waals surface area contributed by atoms with E-state index in [9.17, 15) is 14.4 Å². The number of carbonyl (C=O) groups excluding carboxylic acids is 3. The van der Waals surface area contributed by atoms with E-state index in [0.717, 1.165) is 12.2 Å². The second kappa shape index (κ2) is 10.0. The molecule has 21 heavy (non-hydrogen) atoms. The highest BCUT2D eigenvalue weighted by molar-refractivity contribution is 6.17. The monoisotopic (exact) mass is 322 g/mol. The fraction of sp³-hybridized carbons (Fsp3) is 0.615. The van der Waals surface area contributed by atoms with Crippen LogP contribution in [0.2, 0.25) is 0 Å². The molecule has 0 rings (SSSR count). The van der Waals surface area contributed by atoms with E-state index in [1.807, 2.05) is 0 Å². The van der Waals surface area contributed by atoms with Crippen LogP contribution >= 0.6 is 11.6 Å². The van der Waals surface area contributed by atoms with E-state index in [2.05, 4.69) is 9.47 Å². The summed E-state index contributed by atoms with van der Waals surface area (Å²) in [5, 5.41) is 0. The van der Waals surface area contributed by atoms with Crippen LogP contribution < -0.4 is 0 Å². The number of rotatable bonds is 7. The van der Waals surface area contributed by atoms with Crippen LogP contribution in [0.25, 0.3) is 0 Å². The van der Waals surface area contributed by atoms with Gasteiger partial charge in [-0.3, -0.25) is 0 Å². The van der Waals surface area contributed by atoms with Crippen molar-refractivity contribution in [3.8, 4) is 0 Å². The van der Waals surface area contributed by atoms with E-state index in [0.29, 0.717) is 6.42 Å². The summed E-state index contributed by atoms with van der Waals surface area (Å²) in [7, 11) is 0. The Labute approximate surface area is 128 Å². The van der Waals surface area contributed by atoms with Crippen molar-refractivity contribution in [3.05, 3.63) is 12.2 Å². The van der Waals surface area contributed by atoms with Crippen molar-refractivity contribution in [2.75, 3.05) is 19.3 Å². The van der Waals surface area contributed by atoms with Crippen molar-refractivity contribution in [2.24, 2.45) is 0 Å². The highest BCUT2D eigenvalue weighted by Crippen LogP contribution is 2.07. The number of ether oxygens (including phenoxy) is 4. The van der Waals surface area contributed by atoms with Gasteiger partial charge in [0.1, 0.15) is 5.60 Å². The number of carbonyl (C=O) groups is 3. The maximum absolute atomic E-state index is 11.3. The summed E-state index contributed by atoms with van der Waals surface area (Å²) in [5.74, 6) is -1.32. The average molecular weight is 323 g/mol. The molecule has 0 amide bonds. The second-order valence-corrected chi connectivity index (χ2v) is 4.96. The molecule has 0 atom stereocenters. The van der Waals surface area contributed by atoms with Crippen LogP contribution in [0.4, 0.5) is 4.79 Å². The van der Waals surface area contributed by atoms with Crippen molar-refractivity contribution in [2.45, 2.75) is 32.8 Å². The van der Waals surface area contributed by atoms with Crippen LogP contribution in [-0.4, -0.2) is 43.0 Å². The smallest absolute Gasteiger partial charge is 0.462 e. The van der Waals surface area contributed by atoms with Gasteiger partial charge < -0.3 is 18.9 Å². The third kappa shape index (κ3) is 13.0. The van der Waals surface area contributed by atoms with Crippen molar-refractivity contribution >= 4 is 29.7 Å². The van der Waals surface area contributed by atoms with Gasteiger partial charge in [-0.25, -0.2) is 14.4 Å². The van der Waals surface area contributed by atoms with Crippen molar-refractivity contribution in [3.63, 3.8) is 0 Å². The molecule has 0 saturated heterocycles. The molecule has 7 nitrogen and oxygen atoms in total. The standard InChI is InChI=1S/C13H19ClO7/c1-13(2,3)21-11(16)6-5-10(15)18-7-4-8-19-12(17)20-9-14/h5-6H,4,7-9H2,1-3H3/b6-5+. The summed E-state index contributed by atoms with van der Waals surface area (Å²) in [5.41, 5.74) is -0.625. The lowest BCUT2D eigenvalue weighted by Crippen LogP contribution is -2.22. The van der Waals surface area contributed by atoms with Crippen molar-refractivity contribution in [1.29, 1.82) is 0 Å². The molecule has 0 heterocycles. The van der Waals surface area contributed by atoms with Crippen LogP contribution in [-0.2, 0) is 28.5 Å². The topological polar surface area (TPSA) is 88.1 Å². The summed E-state index contributed by atoms with van der Waals surface area (Å²) >= 11 is 5.14. The van der Waals surface area contributed by atoms with Crippen molar-refractivity contribution in [1.82, 2.24) is 0 Å². The molecule has 0 saturated carbocycles. The molecule has 0 N–H and O–H groups in total. The molecule has 0 aliphatic rings. The molecule has 0 fully saturated rings. The molecule has 0 aromatic rings. The summed E-state index contributed by atoms with van der Waals surface area (Å²) in [6, 6.07) is -0.288. The Morgan fingerprint density at radius 2 is 1.52 bits per heavy atom. The molecule has 0 aromatic carbocycles. The minimum Gasteiger partial charge on any atom is -0.462 e. The first kappa shape index (κ1) is 19.2. The molecular formula is C13H19ClO7. The minimum absolute atomic E-state index is 0.0266. The predicted molar refractivity (Wildman–Crippen MR) is 73.7 cm³/mol. The third-order valence-corrected chi connectivity index (χ3v) is 1.80. The number of halogens is 1. The van der Waals surface area contributed by atoms with Crippen molar-refractivity contribution < 1.29 is 33.3 Å². The van der Waals surface area contributed by atoms with Gasteiger partial charge in [0.2, 0.25) is 0 Å². The molecule has 0 spiro atoms. The highest BCUT2D eigenvalue weighted by Gasteiger charge is 2.14. The molecule has 0 bridgehead atoms. The summed E-state index contributed by atoms with van der Waals surface area (Å²) < 4.78 is 18.6. The van der Waals surface area contributed by atoms with Gasteiger partial charge in [-0.15, -0.1) is 0 Å². The lowest BCUT2D eigenvalue weighted by molar-refractivity contribution is -0.149. The van der Waals surface area contributed by atoms with E-state index < -0.39 is 23.7 Å². The summed E-state index contributed by atoms with van der Waals surface area (Å²) in [6.45, 7) is 5.20. The van der Waals surface area contributed by atoms with Gasteiger partial charge in [0.25, 0.3) is 0 Å². The maximum atomic E-state index is 11.3. The highest BCUT2D eigenvalue weighted by atomic mass is 35.5. The van der Waals surface area contributed by atoms with Gasteiger partial charge in [0.05, 0.1) is 13.2 Å². The number of esters is 2. The number of hydrogen-bond donors (Lipinski definition) is 0. The maximum Gasteiger partial charge on any atom is 0.509 e. The first-order valence-electron chi connectivity index (χ1n) is 6.18. The molecular weight excluding hydrogens is 304 g/mol. The third-order valence-electron chi connectivity index (χ3n) is 1.69. The van der Waals surface area contributed by atoms with Gasteiger partial charge in [-0.05, 0) is 20.8 Å². The molecule has 0 aliphatic heterocycles. The second-order valence-electron chi connectivity index (χ2n) is 4.74. The van der Waals surface area contributed by atoms with Gasteiger partial charge in [-0.2, -0.15) is 0 Å². The van der Waals surface area contributed by atoms with Crippen LogP contribution in [0, 0.1) is 0 Å². The molecule has 0 unspecified atom stereocenters. The van der Waals surface area contributed by atoms with Gasteiger partial charge >= 0.3 is 18.1 Å². The molecule has 0 radical (unpaired) electrons. The molecule has 8 heteroatoms.